The van der Waals surface area contributed by atoms with Gasteiger partial charge in [0, 0.05) is 38.3 Å². The predicted octanol–water partition coefficient (Wildman–Crippen LogP) is 4.51. The highest BCUT2D eigenvalue weighted by molar-refractivity contribution is 5.57. The number of benzene rings is 3. The van der Waals surface area contributed by atoms with Gasteiger partial charge in [0.2, 0.25) is 0 Å². The molecule has 3 aromatic rings. The number of hydrogen-bond donors (Lipinski definition) is 1. The van der Waals surface area contributed by atoms with Crippen molar-refractivity contribution in [2.24, 2.45) is 0 Å². The molecule has 4 heteroatoms. The van der Waals surface area contributed by atoms with E-state index in [2.05, 4.69) is 21.9 Å². The molecule has 0 amide bonds. The third kappa shape index (κ3) is 4.23. The van der Waals surface area contributed by atoms with Gasteiger partial charge >= 0.3 is 0 Å². The first-order valence-electron chi connectivity index (χ1n) is 9.36. The van der Waals surface area contributed by atoms with Crippen molar-refractivity contribution >= 4 is 5.69 Å². The van der Waals surface area contributed by atoms with E-state index in [9.17, 15) is 5.11 Å². The van der Waals surface area contributed by atoms with Gasteiger partial charge in [0.1, 0.15) is 17.2 Å². The van der Waals surface area contributed by atoms with Crippen LogP contribution < -0.4 is 9.64 Å². The molecule has 1 aliphatic heterocycles. The molecule has 4 rings (SSSR count). The fourth-order valence-electron chi connectivity index (χ4n) is 3.47. The van der Waals surface area contributed by atoms with Crippen molar-refractivity contribution in [1.82, 2.24) is 4.90 Å². The molecular weight excluding hydrogens is 336 g/mol. The van der Waals surface area contributed by atoms with E-state index >= 15 is 0 Å². The van der Waals surface area contributed by atoms with E-state index in [-0.39, 0.29) is 0 Å². The summed E-state index contributed by atoms with van der Waals surface area (Å²) in [4.78, 5) is 4.68. The maximum absolute atomic E-state index is 10.1. The lowest BCUT2D eigenvalue weighted by Gasteiger charge is -2.36. The number of ether oxygens (including phenoxy) is 1. The molecule has 27 heavy (non-hydrogen) atoms. The summed E-state index contributed by atoms with van der Waals surface area (Å²) >= 11 is 0. The molecule has 4 nitrogen and oxygen atoms in total. The van der Waals surface area contributed by atoms with Crippen molar-refractivity contribution in [1.29, 1.82) is 0 Å². The average Bonchev–Trinajstić information content (AvgIpc) is 2.71. The highest BCUT2D eigenvalue weighted by atomic mass is 16.5. The van der Waals surface area contributed by atoms with Gasteiger partial charge in [-0.2, -0.15) is 0 Å². The van der Waals surface area contributed by atoms with Gasteiger partial charge in [-0.3, -0.25) is 4.90 Å². The summed E-state index contributed by atoms with van der Waals surface area (Å²) in [6.45, 7) is 4.57. The van der Waals surface area contributed by atoms with Crippen LogP contribution in [-0.2, 0) is 6.54 Å². The maximum atomic E-state index is 10.1. The third-order valence-electron chi connectivity index (χ3n) is 4.93. The fourth-order valence-corrected chi connectivity index (χ4v) is 3.47. The predicted molar refractivity (Wildman–Crippen MR) is 109 cm³/mol. The van der Waals surface area contributed by atoms with Gasteiger partial charge < -0.3 is 14.7 Å². The molecule has 1 heterocycles. The van der Waals surface area contributed by atoms with Crippen molar-refractivity contribution in [2.45, 2.75) is 6.54 Å². The van der Waals surface area contributed by atoms with Crippen molar-refractivity contribution in [3.05, 3.63) is 84.4 Å². The van der Waals surface area contributed by atoms with Crippen molar-refractivity contribution in [2.75, 3.05) is 31.1 Å². The minimum absolute atomic E-state index is 0.354. The van der Waals surface area contributed by atoms with Gasteiger partial charge in [0.15, 0.2) is 0 Å². The first kappa shape index (κ1) is 17.4. The second-order valence-electron chi connectivity index (χ2n) is 6.77. The summed E-state index contributed by atoms with van der Waals surface area (Å²) in [5.41, 5.74) is 2.11. The van der Waals surface area contributed by atoms with E-state index in [0.717, 1.165) is 49.9 Å². The molecule has 0 spiro atoms. The zero-order chi connectivity index (χ0) is 18.5. The van der Waals surface area contributed by atoms with Crippen molar-refractivity contribution in [3.8, 4) is 17.2 Å². The average molecular weight is 360 g/mol. The summed E-state index contributed by atoms with van der Waals surface area (Å²) in [5, 5.41) is 10.1. The first-order valence-corrected chi connectivity index (χ1v) is 9.36. The van der Waals surface area contributed by atoms with Gasteiger partial charge in [-0.05, 0) is 30.3 Å². The number of phenolic OH excluding ortho intramolecular Hbond substituents is 1. The van der Waals surface area contributed by atoms with Gasteiger partial charge in [-0.25, -0.2) is 0 Å². The number of piperazine rings is 1. The molecule has 1 saturated heterocycles. The van der Waals surface area contributed by atoms with Gasteiger partial charge in [-0.1, -0.05) is 48.5 Å². The minimum atomic E-state index is 0.354. The van der Waals surface area contributed by atoms with E-state index < -0.39 is 0 Å². The Balaban J connectivity index is 1.40. The lowest BCUT2D eigenvalue weighted by atomic mass is 10.1. The van der Waals surface area contributed by atoms with E-state index in [4.69, 9.17) is 4.74 Å². The highest BCUT2D eigenvalue weighted by Crippen LogP contribution is 2.29. The fraction of sp³-hybridized carbons (Fsp3) is 0.217. The molecule has 0 bridgehead atoms. The molecule has 0 aliphatic carbocycles. The number of rotatable bonds is 5. The molecule has 0 saturated carbocycles. The Kier molecular flexibility index (Phi) is 5.26. The molecule has 0 radical (unpaired) electrons. The van der Waals surface area contributed by atoms with Gasteiger partial charge in [-0.15, -0.1) is 0 Å². The Morgan fingerprint density at radius 2 is 1.41 bits per heavy atom. The molecule has 1 N–H and O–H groups in total. The van der Waals surface area contributed by atoms with Crippen LogP contribution in [0.2, 0.25) is 0 Å². The molecule has 3 aromatic carbocycles. The number of aromatic hydroxyl groups is 1. The van der Waals surface area contributed by atoms with Crippen LogP contribution in [-0.4, -0.2) is 36.2 Å². The Morgan fingerprint density at radius 3 is 2.19 bits per heavy atom. The van der Waals surface area contributed by atoms with Crippen LogP contribution in [0.1, 0.15) is 5.56 Å². The molecule has 0 unspecified atom stereocenters. The smallest absolute Gasteiger partial charge is 0.138 e. The summed E-state index contributed by atoms with van der Waals surface area (Å²) in [7, 11) is 0. The third-order valence-corrected chi connectivity index (χ3v) is 4.93. The Labute approximate surface area is 160 Å². The number of phenols is 1. The number of nitrogens with zero attached hydrogens (tertiary/aromatic N) is 2. The van der Waals surface area contributed by atoms with E-state index in [0.29, 0.717) is 5.75 Å². The van der Waals surface area contributed by atoms with Crippen molar-refractivity contribution in [3.63, 3.8) is 0 Å². The highest BCUT2D eigenvalue weighted by Gasteiger charge is 2.20. The number of anilines is 1. The Bertz CT molecular complexity index is 874. The Morgan fingerprint density at radius 1 is 0.741 bits per heavy atom. The maximum Gasteiger partial charge on any atom is 0.138 e. The Hall–Kier alpha value is -2.98. The van der Waals surface area contributed by atoms with E-state index in [1.807, 2.05) is 60.7 Å². The minimum Gasteiger partial charge on any atom is -0.506 e. The molecule has 0 atom stereocenters. The number of hydrogen-bond acceptors (Lipinski definition) is 4. The second-order valence-corrected chi connectivity index (χ2v) is 6.77. The first-order chi connectivity index (χ1) is 13.3. The van der Waals surface area contributed by atoms with Crippen LogP contribution in [0, 0.1) is 0 Å². The quantitative estimate of drug-likeness (QED) is 0.726. The topological polar surface area (TPSA) is 35.9 Å². The van der Waals surface area contributed by atoms with Gasteiger partial charge in [0.25, 0.3) is 0 Å². The molecule has 1 aliphatic rings. The van der Waals surface area contributed by atoms with Gasteiger partial charge in [0.05, 0.1) is 5.69 Å². The summed E-state index contributed by atoms with van der Waals surface area (Å²) in [5.74, 6) is 2.12. The largest absolute Gasteiger partial charge is 0.506 e. The normalized spacial score (nSPS) is 14.9. The zero-order valence-electron chi connectivity index (χ0n) is 15.3. The number of para-hydroxylation sites is 4. The SMILES string of the molecule is Oc1ccccc1N1CCN(Cc2ccccc2Oc2ccccc2)CC1. The molecule has 1 fully saturated rings. The molecule has 138 valence electrons. The van der Waals surface area contributed by atoms with Crippen molar-refractivity contribution < 1.29 is 9.84 Å². The lowest BCUT2D eigenvalue weighted by Crippen LogP contribution is -2.46. The second kappa shape index (κ2) is 8.14. The van der Waals surface area contributed by atoms with E-state index in [1.54, 1.807) is 6.07 Å². The van der Waals surface area contributed by atoms with Crippen LogP contribution in [0.25, 0.3) is 0 Å². The van der Waals surface area contributed by atoms with Crippen LogP contribution in [0.15, 0.2) is 78.9 Å². The van der Waals surface area contributed by atoms with Crippen LogP contribution >= 0.6 is 0 Å². The summed E-state index contributed by atoms with van der Waals surface area (Å²) in [6, 6.07) is 25.7. The van der Waals surface area contributed by atoms with E-state index in [1.165, 1.54) is 5.56 Å². The molecular formula is C23H24N2O2. The zero-order valence-corrected chi connectivity index (χ0v) is 15.3. The monoisotopic (exact) mass is 360 g/mol. The van der Waals surface area contributed by atoms with Crippen LogP contribution in [0.5, 0.6) is 17.2 Å². The summed E-state index contributed by atoms with van der Waals surface area (Å²) < 4.78 is 6.09. The molecule has 0 aromatic heterocycles. The summed E-state index contributed by atoms with van der Waals surface area (Å²) in [6.07, 6.45) is 0. The van der Waals surface area contributed by atoms with Crippen LogP contribution in [0.4, 0.5) is 5.69 Å². The lowest BCUT2D eigenvalue weighted by molar-refractivity contribution is 0.246. The van der Waals surface area contributed by atoms with Crippen LogP contribution in [0.3, 0.4) is 0 Å². The standard InChI is InChI=1S/C23H24N2O2/c26-22-12-6-5-11-21(22)25-16-14-24(15-17-25)18-19-8-4-7-13-23(19)27-20-9-2-1-3-10-20/h1-13,26H,14-18H2.